The molecule has 0 N–H and O–H groups in total. The SMILES string of the molecule is COc1cccc(CN(C)[C@H]2CCc3c(c(C(=O)N4CCOCC4)nn3CC(C)C)C2)c1. The van der Waals surface area contributed by atoms with Gasteiger partial charge in [-0.2, -0.15) is 5.10 Å². The van der Waals surface area contributed by atoms with Crippen LogP contribution in [-0.2, 0) is 30.7 Å². The van der Waals surface area contributed by atoms with Gasteiger partial charge >= 0.3 is 0 Å². The van der Waals surface area contributed by atoms with Crippen LogP contribution in [0.3, 0.4) is 0 Å². The van der Waals surface area contributed by atoms with Gasteiger partial charge < -0.3 is 14.4 Å². The Labute approximate surface area is 191 Å². The van der Waals surface area contributed by atoms with Gasteiger partial charge in [-0.15, -0.1) is 0 Å². The smallest absolute Gasteiger partial charge is 0.274 e. The molecule has 0 radical (unpaired) electrons. The van der Waals surface area contributed by atoms with E-state index in [4.69, 9.17) is 14.6 Å². The Hall–Kier alpha value is -2.38. The van der Waals surface area contributed by atoms with Crippen molar-refractivity contribution in [1.29, 1.82) is 0 Å². The lowest BCUT2D eigenvalue weighted by Crippen LogP contribution is -2.42. The zero-order chi connectivity index (χ0) is 22.7. The molecular formula is C25H36N4O3. The molecule has 2 heterocycles. The second kappa shape index (κ2) is 10.0. The Morgan fingerprint density at radius 1 is 1.31 bits per heavy atom. The van der Waals surface area contributed by atoms with Crippen molar-refractivity contribution < 1.29 is 14.3 Å². The standard InChI is InChI=1S/C25H36N4O3/c1-18(2)16-29-23-9-8-20(27(3)17-19-6-5-7-21(14-19)31-4)15-22(23)24(26-29)25(30)28-10-12-32-13-11-28/h5-7,14,18,20H,8-13,15-17H2,1-4H3/t20-/m0/s1. The molecule has 1 atom stereocenters. The van der Waals surface area contributed by atoms with E-state index in [1.807, 2.05) is 17.0 Å². The summed E-state index contributed by atoms with van der Waals surface area (Å²) in [5, 5.41) is 4.86. The van der Waals surface area contributed by atoms with Crippen molar-refractivity contribution in [3.63, 3.8) is 0 Å². The van der Waals surface area contributed by atoms with E-state index in [1.54, 1.807) is 7.11 Å². The third kappa shape index (κ3) is 4.99. The van der Waals surface area contributed by atoms with Crippen molar-refractivity contribution in [2.24, 2.45) is 5.92 Å². The van der Waals surface area contributed by atoms with Crippen LogP contribution in [0.5, 0.6) is 5.75 Å². The molecule has 1 amide bonds. The molecular weight excluding hydrogens is 404 g/mol. The highest BCUT2D eigenvalue weighted by Gasteiger charge is 2.33. The normalized spacial score (nSPS) is 18.8. The van der Waals surface area contributed by atoms with Gasteiger partial charge in [-0.05, 0) is 49.9 Å². The molecule has 0 saturated carbocycles. The average molecular weight is 441 g/mol. The molecule has 1 fully saturated rings. The zero-order valence-electron chi connectivity index (χ0n) is 19.8. The summed E-state index contributed by atoms with van der Waals surface area (Å²) in [5.41, 5.74) is 4.29. The van der Waals surface area contributed by atoms with Crippen molar-refractivity contribution >= 4 is 5.91 Å². The van der Waals surface area contributed by atoms with Gasteiger partial charge in [-0.25, -0.2) is 0 Å². The van der Waals surface area contributed by atoms with E-state index in [0.717, 1.165) is 43.7 Å². The number of fused-ring (bicyclic) bond motifs is 1. The number of carbonyl (C=O) groups excluding carboxylic acids is 1. The summed E-state index contributed by atoms with van der Waals surface area (Å²) >= 11 is 0. The van der Waals surface area contributed by atoms with Crippen LogP contribution < -0.4 is 4.74 Å². The fraction of sp³-hybridized carbons (Fsp3) is 0.600. The van der Waals surface area contributed by atoms with Crippen LogP contribution in [0.15, 0.2) is 24.3 Å². The predicted octanol–water partition coefficient (Wildman–Crippen LogP) is 3.01. The molecule has 174 valence electrons. The van der Waals surface area contributed by atoms with Crippen LogP contribution in [0, 0.1) is 5.92 Å². The number of nitrogens with zero attached hydrogens (tertiary/aromatic N) is 4. The van der Waals surface area contributed by atoms with Crippen molar-refractivity contribution in [1.82, 2.24) is 19.6 Å². The lowest BCUT2D eigenvalue weighted by atomic mass is 9.90. The van der Waals surface area contributed by atoms with Gasteiger partial charge in [0.1, 0.15) is 5.75 Å². The highest BCUT2D eigenvalue weighted by Crippen LogP contribution is 2.29. The molecule has 7 heteroatoms. The van der Waals surface area contributed by atoms with Crippen LogP contribution in [0.2, 0.25) is 0 Å². The number of amides is 1. The second-order valence-electron chi connectivity index (χ2n) is 9.42. The van der Waals surface area contributed by atoms with Crippen molar-refractivity contribution in [2.45, 2.75) is 52.2 Å². The van der Waals surface area contributed by atoms with Gasteiger partial charge in [0.05, 0.1) is 20.3 Å². The fourth-order valence-corrected chi connectivity index (χ4v) is 4.82. The first kappa shape index (κ1) is 22.8. The highest BCUT2D eigenvalue weighted by atomic mass is 16.5. The molecule has 1 aliphatic carbocycles. The molecule has 32 heavy (non-hydrogen) atoms. The van der Waals surface area contributed by atoms with Gasteiger partial charge in [0.15, 0.2) is 5.69 Å². The Balaban J connectivity index is 1.55. The third-order valence-corrected chi connectivity index (χ3v) is 6.55. The zero-order valence-corrected chi connectivity index (χ0v) is 19.8. The first-order valence-electron chi connectivity index (χ1n) is 11.7. The Kier molecular flexibility index (Phi) is 7.16. The number of morpholine rings is 1. The summed E-state index contributed by atoms with van der Waals surface area (Å²) in [5.74, 6) is 1.43. The second-order valence-corrected chi connectivity index (χ2v) is 9.42. The molecule has 2 aliphatic rings. The molecule has 1 saturated heterocycles. The van der Waals surface area contributed by atoms with Crippen LogP contribution in [0.25, 0.3) is 0 Å². The monoisotopic (exact) mass is 440 g/mol. The molecule has 1 aliphatic heterocycles. The van der Waals surface area contributed by atoms with E-state index in [2.05, 4.69) is 42.6 Å². The summed E-state index contributed by atoms with van der Waals surface area (Å²) in [6.07, 6.45) is 2.89. The summed E-state index contributed by atoms with van der Waals surface area (Å²) < 4.78 is 12.9. The highest BCUT2D eigenvalue weighted by molar-refractivity contribution is 5.94. The average Bonchev–Trinajstić information content (AvgIpc) is 3.16. The first-order valence-corrected chi connectivity index (χ1v) is 11.7. The lowest BCUT2D eigenvalue weighted by molar-refractivity contribution is 0.0297. The van der Waals surface area contributed by atoms with E-state index < -0.39 is 0 Å². The lowest BCUT2D eigenvalue weighted by Gasteiger charge is -2.32. The van der Waals surface area contributed by atoms with E-state index in [9.17, 15) is 4.79 Å². The van der Waals surface area contributed by atoms with E-state index in [-0.39, 0.29) is 5.91 Å². The Bertz CT molecular complexity index is 933. The molecule has 0 spiro atoms. The number of ether oxygens (including phenoxy) is 2. The largest absolute Gasteiger partial charge is 0.497 e. The number of methoxy groups -OCH3 is 1. The fourth-order valence-electron chi connectivity index (χ4n) is 4.82. The molecule has 4 rings (SSSR count). The molecule has 1 aromatic heterocycles. The topological polar surface area (TPSA) is 59.8 Å². The minimum Gasteiger partial charge on any atom is -0.497 e. The van der Waals surface area contributed by atoms with Gasteiger partial charge in [0, 0.05) is 43.5 Å². The Morgan fingerprint density at radius 3 is 2.81 bits per heavy atom. The van der Waals surface area contributed by atoms with Crippen molar-refractivity contribution in [3.8, 4) is 5.75 Å². The number of rotatable bonds is 7. The number of hydrogen-bond acceptors (Lipinski definition) is 5. The Morgan fingerprint density at radius 2 is 2.09 bits per heavy atom. The predicted molar refractivity (Wildman–Crippen MR) is 124 cm³/mol. The van der Waals surface area contributed by atoms with Crippen LogP contribution in [-0.4, -0.2) is 72.0 Å². The van der Waals surface area contributed by atoms with Crippen molar-refractivity contribution in [2.75, 3.05) is 40.5 Å². The number of carbonyl (C=O) groups is 1. The maximum Gasteiger partial charge on any atom is 0.274 e. The van der Waals surface area contributed by atoms with Crippen LogP contribution >= 0.6 is 0 Å². The molecule has 0 bridgehead atoms. The van der Waals surface area contributed by atoms with E-state index >= 15 is 0 Å². The minimum atomic E-state index is 0.0585. The van der Waals surface area contributed by atoms with E-state index in [1.165, 1.54) is 11.3 Å². The first-order chi connectivity index (χ1) is 15.5. The van der Waals surface area contributed by atoms with Gasteiger partial charge in [-0.1, -0.05) is 26.0 Å². The summed E-state index contributed by atoms with van der Waals surface area (Å²) in [6, 6.07) is 8.63. The van der Waals surface area contributed by atoms with E-state index in [0.29, 0.717) is 44.0 Å². The van der Waals surface area contributed by atoms with Gasteiger partial charge in [0.2, 0.25) is 0 Å². The number of hydrogen-bond donors (Lipinski definition) is 0. The quantitative estimate of drug-likeness (QED) is 0.662. The third-order valence-electron chi connectivity index (χ3n) is 6.55. The van der Waals surface area contributed by atoms with Gasteiger partial charge in [0.25, 0.3) is 5.91 Å². The minimum absolute atomic E-state index is 0.0585. The maximum absolute atomic E-state index is 13.4. The van der Waals surface area contributed by atoms with Crippen molar-refractivity contribution in [3.05, 3.63) is 46.8 Å². The number of aromatic nitrogens is 2. The maximum atomic E-state index is 13.4. The van der Waals surface area contributed by atoms with Crippen LogP contribution in [0.4, 0.5) is 0 Å². The molecule has 1 aromatic carbocycles. The number of likely N-dealkylation sites (N-methyl/N-ethyl adjacent to an activating group) is 1. The molecule has 2 aromatic rings. The summed E-state index contributed by atoms with van der Waals surface area (Å²) in [6.45, 7) is 8.59. The summed E-state index contributed by atoms with van der Waals surface area (Å²) in [4.78, 5) is 17.7. The summed E-state index contributed by atoms with van der Waals surface area (Å²) in [7, 11) is 3.88. The molecule has 7 nitrogen and oxygen atoms in total. The van der Waals surface area contributed by atoms with Gasteiger partial charge in [-0.3, -0.25) is 14.4 Å². The molecule has 0 unspecified atom stereocenters. The van der Waals surface area contributed by atoms with Crippen LogP contribution in [0.1, 0.15) is 47.6 Å². The number of benzene rings is 1.